The van der Waals surface area contributed by atoms with Crippen molar-refractivity contribution in [1.82, 2.24) is 15.1 Å². The third kappa shape index (κ3) is 5.82. The summed E-state index contributed by atoms with van der Waals surface area (Å²) in [6.07, 6.45) is 3.07. The molecule has 1 atom stereocenters. The molecule has 0 aliphatic carbocycles. The lowest BCUT2D eigenvalue weighted by atomic mass is 9.98. The number of amides is 4. The molecule has 9 heteroatoms. The first-order chi connectivity index (χ1) is 18.6. The minimum absolute atomic E-state index is 0.217. The van der Waals surface area contributed by atoms with Crippen molar-refractivity contribution in [2.24, 2.45) is 0 Å². The number of nitrogens with zero attached hydrogens (tertiary/aromatic N) is 2. The summed E-state index contributed by atoms with van der Waals surface area (Å²) in [6.45, 7) is 7.31. The molecule has 5 rings (SSSR count). The van der Waals surface area contributed by atoms with Crippen LogP contribution in [0.25, 0.3) is 5.57 Å². The molecule has 1 saturated heterocycles. The fourth-order valence-electron chi connectivity index (χ4n) is 5.09. The molecule has 0 bridgehead atoms. The largest absolute Gasteiger partial charge is 0.489 e. The Kier molecular flexibility index (Phi) is 7.16. The minimum atomic E-state index is -0.659. The van der Waals surface area contributed by atoms with Crippen LogP contribution in [0.15, 0.2) is 48.5 Å². The van der Waals surface area contributed by atoms with Crippen molar-refractivity contribution in [2.45, 2.75) is 64.8 Å². The van der Waals surface area contributed by atoms with Crippen molar-refractivity contribution < 1.29 is 28.7 Å². The molecule has 39 heavy (non-hydrogen) atoms. The monoisotopic (exact) mass is 531 g/mol. The molecular weight excluding hydrogens is 498 g/mol. The third-order valence-electron chi connectivity index (χ3n) is 7.12. The highest BCUT2D eigenvalue weighted by molar-refractivity contribution is 6.05. The lowest BCUT2D eigenvalue weighted by molar-refractivity contribution is -0.136. The van der Waals surface area contributed by atoms with E-state index < -0.39 is 17.6 Å². The number of fused-ring (bicyclic) bond motifs is 1. The highest BCUT2D eigenvalue weighted by Crippen LogP contribution is 2.34. The molecule has 1 unspecified atom stereocenters. The fourth-order valence-corrected chi connectivity index (χ4v) is 5.09. The van der Waals surface area contributed by atoms with E-state index in [2.05, 4.69) is 23.5 Å². The normalized spacial score (nSPS) is 19.4. The first-order valence-electron chi connectivity index (χ1n) is 13.2. The van der Waals surface area contributed by atoms with E-state index in [1.807, 2.05) is 39.0 Å². The fraction of sp³-hybridized carbons (Fsp3) is 0.400. The zero-order valence-electron chi connectivity index (χ0n) is 22.5. The molecule has 0 aromatic heterocycles. The number of imide groups is 1. The molecule has 1 fully saturated rings. The molecule has 0 spiro atoms. The maximum absolute atomic E-state index is 13.0. The summed E-state index contributed by atoms with van der Waals surface area (Å²) >= 11 is 0. The van der Waals surface area contributed by atoms with Gasteiger partial charge in [-0.15, -0.1) is 0 Å². The zero-order valence-corrected chi connectivity index (χ0v) is 22.5. The summed E-state index contributed by atoms with van der Waals surface area (Å²) in [7, 11) is 0. The molecule has 2 aromatic rings. The maximum Gasteiger partial charge on any atom is 0.410 e. The van der Waals surface area contributed by atoms with Crippen molar-refractivity contribution >= 4 is 29.4 Å². The topological polar surface area (TPSA) is 105 Å². The molecule has 1 N–H and O–H groups in total. The van der Waals surface area contributed by atoms with Crippen LogP contribution >= 0.6 is 0 Å². The van der Waals surface area contributed by atoms with Crippen molar-refractivity contribution in [3.63, 3.8) is 0 Å². The van der Waals surface area contributed by atoms with Crippen LogP contribution in [-0.4, -0.2) is 58.3 Å². The van der Waals surface area contributed by atoms with E-state index in [4.69, 9.17) is 9.47 Å². The number of hydrogen-bond acceptors (Lipinski definition) is 6. The molecule has 2 aromatic carbocycles. The van der Waals surface area contributed by atoms with E-state index in [9.17, 15) is 19.2 Å². The van der Waals surface area contributed by atoms with Gasteiger partial charge in [0.05, 0.1) is 6.54 Å². The van der Waals surface area contributed by atoms with Gasteiger partial charge in [0.1, 0.15) is 24.0 Å². The highest BCUT2D eigenvalue weighted by Gasteiger charge is 2.40. The van der Waals surface area contributed by atoms with Crippen molar-refractivity contribution in [3.05, 3.63) is 70.8 Å². The standard InChI is InChI=1S/C30H33N3O6/c1-30(2,3)39-29(37)32-15-13-21(14-16-32)20-9-7-19(8-10-20)18-38-25-6-4-5-22-23(25)17-33(28(22)36)24-11-12-26(34)31-27(24)35/h4-10,13,24H,11-12,14-18H2,1-3H3,(H,31,34,35). The first kappa shape index (κ1) is 26.5. The van der Waals surface area contributed by atoms with Crippen LogP contribution in [-0.2, 0) is 27.5 Å². The van der Waals surface area contributed by atoms with Gasteiger partial charge in [0.25, 0.3) is 5.91 Å². The summed E-state index contributed by atoms with van der Waals surface area (Å²) in [5.74, 6) is -0.351. The molecule has 0 radical (unpaired) electrons. The van der Waals surface area contributed by atoms with E-state index >= 15 is 0 Å². The molecule has 3 aliphatic rings. The summed E-state index contributed by atoms with van der Waals surface area (Å²) in [5, 5.41) is 2.33. The van der Waals surface area contributed by atoms with Crippen molar-refractivity contribution in [1.29, 1.82) is 0 Å². The molecule has 9 nitrogen and oxygen atoms in total. The second kappa shape index (κ2) is 10.6. The van der Waals surface area contributed by atoms with Crippen LogP contribution in [0.4, 0.5) is 4.79 Å². The summed E-state index contributed by atoms with van der Waals surface area (Å²) in [6, 6.07) is 12.8. The number of carbonyl (C=O) groups is 4. The quantitative estimate of drug-likeness (QED) is 0.584. The summed E-state index contributed by atoms with van der Waals surface area (Å²) in [5.41, 5.74) is 4.04. The first-order valence-corrected chi connectivity index (χ1v) is 13.2. The van der Waals surface area contributed by atoms with Gasteiger partial charge >= 0.3 is 6.09 Å². The molecule has 3 heterocycles. The Balaban J connectivity index is 1.20. The second-order valence-electron chi connectivity index (χ2n) is 11.1. The van der Waals surface area contributed by atoms with Gasteiger partial charge < -0.3 is 19.3 Å². The molecule has 0 saturated carbocycles. The van der Waals surface area contributed by atoms with Crippen LogP contribution in [0.3, 0.4) is 0 Å². The average Bonchev–Trinajstić information content (AvgIpc) is 3.23. The number of ether oxygens (including phenoxy) is 2. The van der Waals surface area contributed by atoms with E-state index in [1.54, 1.807) is 17.0 Å². The molecule has 4 amide bonds. The number of benzene rings is 2. The molecule has 204 valence electrons. The third-order valence-corrected chi connectivity index (χ3v) is 7.12. The molecule has 3 aliphatic heterocycles. The van der Waals surface area contributed by atoms with E-state index in [0.717, 1.165) is 23.1 Å². The number of piperidine rings is 1. The Bertz CT molecular complexity index is 1340. The van der Waals surface area contributed by atoms with Crippen LogP contribution in [0, 0.1) is 0 Å². The Morgan fingerprint density at radius 2 is 1.82 bits per heavy atom. The van der Waals surface area contributed by atoms with E-state index in [1.165, 1.54) is 10.5 Å². The number of rotatable bonds is 5. The van der Waals surface area contributed by atoms with Gasteiger partial charge in [-0.3, -0.25) is 19.7 Å². The number of hydrogen-bond donors (Lipinski definition) is 1. The van der Waals surface area contributed by atoms with Crippen molar-refractivity contribution in [3.8, 4) is 5.75 Å². The second-order valence-corrected chi connectivity index (χ2v) is 11.1. The number of nitrogens with one attached hydrogen (secondary N) is 1. The maximum atomic E-state index is 13.0. The average molecular weight is 532 g/mol. The number of carbonyl (C=O) groups excluding carboxylic acids is 4. The molecular formula is C30H33N3O6. The van der Waals surface area contributed by atoms with Gasteiger partial charge in [0.2, 0.25) is 11.8 Å². The predicted molar refractivity (Wildman–Crippen MR) is 144 cm³/mol. The van der Waals surface area contributed by atoms with Crippen molar-refractivity contribution in [2.75, 3.05) is 13.1 Å². The van der Waals surface area contributed by atoms with Gasteiger partial charge in [-0.25, -0.2) is 4.79 Å². The van der Waals surface area contributed by atoms with E-state index in [-0.39, 0.29) is 30.9 Å². The Morgan fingerprint density at radius 1 is 1.05 bits per heavy atom. The lowest BCUT2D eigenvalue weighted by Gasteiger charge is -2.29. The Labute approximate surface area is 227 Å². The van der Waals surface area contributed by atoms with Crippen LogP contribution in [0.2, 0.25) is 0 Å². The van der Waals surface area contributed by atoms with E-state index in [0.29, 0.717) is 37.4 Å². The van der Waals surface area contributed by atoms with Gasteiger partial charge in [-0.2, -0.15) is 0 Å². The minimum Gasteiger partial charge on any atom is -0.489 e. The van der Waals surface area contributed by atoms with Gasteiger partial charge in [-0.1, -0.05) is 36.4 Å². The van der Waals surface area contributed by atoms with Gasteiger partial charge in [-0.05, 0) is 62.4 Å². The predicted octanol–water partition coefficient (Wildman–Crippen LogP) is 4.05. The zero-order chi connectivity index (χ0) is 27.7. The van der Waals surface area contributed by atoms with Crippen LogP contribution in [0.1, 0.15) is 67.1 Å². The van der Waals surface area contributed by atoms with Gasteiger partial charge in [0, 0.05) is 30.6 Å². The summed E-state index contributed by atoms with van der Waals surface area (Å²) in [4.78, 5) is 52.4. The lowest BCUT2D eigenvalue weighted by Crippen LogP contribution is -2.52. The highest BCUT2D eigenvalue weighted by atomic mass is 16.6. The Hall–Kier alpha value is -4.14. The van der Waals surface area contributed by atoms with Crippen LogP contribution in [0.5, 0.6) is 5.75 Å². The van der Waals surface area contributed by atoms with Gasteiger partial charge in [0.15, 0.2) is 0 Å². The summed E-state index contributed by atoms with van der Waals surface area (Å²) < 4.78 is 11.6. The smallest absolute Gasteiger partial charge is 0.410 e. The Morgan fingerprint density at radius 3 is 2.49 bits per heavy atom. The van der Waals surface area contributed by atoms with Crippen LogP contribution < -0.4 is 10.1 Å². The SMILES string of the molecule is CC(C)(C)OC(=O)N1CC=C(c2ccc(COc3cccc4c3CN(C3CCC(=O)NC3=O)C4=O)cc2)CC1.